The van der Waals surface area contributed by atoms with Gasteiger partial charge in [0, 0.05) is 25.7 Å². The smallest absolute Gasteiger partial charge is 0.315 e. The fourth-order valence-electron chi connectivity index (χ4n) is 8.50. The molecule has 0 aromatic carbocycles. The number of carbonyl (C=O) groups is 5. The third kappa shape index (κ3) is 8.00. The summed E-state index contributed by atoms with van der Waals surface area (Å²) in [7, 11) is -2.01. The second-order valence-corrected chi connectivity index (χ2v) is 20.0. The van der Waals surface area contributed by atoms with Gasteiger partial charge in [0.1, 0.15) is 12.1 Å². The summed E-state index contributed by atoms with van der Waals surface area (Å²) in [6, 6.07) is -3.41. The number of urea groups is 1. The van der Waals surface area contributed by atoms with Crippen LogP contribution in [0.2, 0.25) is 0 Å². The molecule has 14 heteroatoms. The maximum Gasteiger partial charge on any atom is 0.315 e. The molecule has 280 valence electrons. The van der Waals surface area contributed by atoms with Gasteiger partial charge in [-0.25, -0.2) is 17.5 Å². The maximum atomic E-state index is 14.5. The summed E-state index contributed by atoms with van der Waals surface area (Å²) in [4.78, 5) is 70.0. The fourth-order valence-corrected chi connectivity index (χ4v) is 10.4. The van der Waals surface area contributed by atoms with Crippen LogP contribution in [0, 0.1) is 28.6 Å². The molecule has 6 fully saturated rings. The van der Waals surface area contributed by atoms with Gasteiger partial charge in [0.15, 0.2) is 0 Å². The Hall–Kier alpha value is -2.74. The molecule has 1 saturated heterocycles. The summed E-state index contributed by atoms with van der Waals surface area (Å²) in [6.07, 6.45) is 9.24. The molecule has 6 rings (SSSR count). The number of carbonyl (C=O) groups excluding carboxylic acids is 5. The molecule has 5 amide bonds. The molecule has 5 saturated carbocycles. The van der Waals surface area contributed by atoms with Gasteiger partial charge in [-0.05, 0) is 73.5 Å². The minimum Gasteiger partial charge on any atom is -0.347 e. The highest BCUT2D eigenvalue weighted by Crippen LogP contribution is 2.65. The second-order valence-electron chi connectivity index (χ2n) is 18.0. The Labute approximate surface area is 297 Å². The van der Waals surface area contributed by atoms with E-state index in [1.807, 2.05) is 20.8 Å². The number of likely N-dealkylation sites (tertiary alicyclic amines) is 1. The van der Waals surface area contributed by atoms with Crippen molar-refractivity contribution in [2.45, 2.75) is 147 Å². The summed E-state index contributed by atoms with van der Waals surface area (Å²) in [5.74, 6) is -2.14. The Balaban J connectivity index is 1.18. The predicted molar refractivity (Wildman–Crippen MR) is 187 cm³/mol. The van der Waals surface area contributed by atoms with Gasteiger partial charge in [-0.15, -0.1) is 0 Å². The van der Waals surface area contributed by atoms with Crippen molar-refractivity contribution in [1.82, 2.24) is 30.5 Å². The molecule has 13 nitrogen and oxygen atoms in total. The summed E-state index contributed by atoms with van der Waals surface area (Å²) in [6.45, 7) is 10.0. The van der Waals surface area contributed by atoms with Crippen LogP contribution in [-0.4, -0.2) is 102 Å². The van der Waals surface area contributed by atoms with Gasteiger partial charge in [-0.2, -0.15) is 0 Å². The number of sulfonamides is 1. The van der Waals surface area contributed by atoms with Crippen molar-refractivity contribution >= 4 is 39.6 Å². The van der Waals surface area contributed by atoms with Gasteiger partial charge in [0.2, 0.25) is 27.6 Å². The average molecular weight is 719 g/mol. The van der Waals surface area contributed by atoms with E-state index in [2.05, 4.69) is 35.1 Å². The van der Waals surface area contributed by atoms with E-state index in [0.29, 0.717) is 25.8 Å². The summed E-state index contributed by atoms with van der Waals surface area (Å²) in [5, 5.41) is 11.6. The number of hydrogen-bond acceptors (Lipinski definition) is 7. The van der Waals surface area contributed by atoms with E-state index in [1.165, 1.54) is 4.31 Å². The molecule has 0 unspecified atom stereocenters. The highest BCUT2D eigenvalue weighted by atomic mass is 32.2. The van der Waals surface area contributed by atoms with Gasteiger partial charge in [-0.1, -0.05) is 66.7 Å². The molecule has 1 aliphatic heterocycles. The Bertz CT molecular complexity index is 1490. The molecule has 0 aromatic heterocycles. The first-order valence-corrected chi connectivity index (χ1v) is 20.4. The van der Waals surface area contributed by atoms with Crippen LogP contribution in [-0.2, 0) is 29.2 Å². The van der Waals surface area contributed by atoms with E-state index < -0.39 is 68.6 Å². The zero-order valence-electron chi connectivity index (χ0n) is 30.7. The average Bonchev–Trinajstić information content (AvgIpc) is 3.83. The number of nitrogens with zero attached hydrogens (tertiary/aromatic N) is 2. The van der Waals surface area contributed by atoms with E-state index in [-0.39, 0.29) is 41.0 Å². The van der Waals surface area contributed by atoms with Gasteiger partial charge in [-0.3, -0.25) is 19.2 Å². The molecule has 0 bridgehead atoms. The topological polar surface area (TPSA) is 174 Å². The van der Waals surface area contributed by atoms with E-state index in [0.717, 1.165) is 57.8 Å². The van der Waals surface area contributed by atoms with Gasteiger partial charge >= 0.3 is 6.03 Å². The van der Waals surface area contributed by atoms with Gasteiger partial charge < -0.3 is 26.2 Å². The number of ketones is 1. The zero-order chi connectivity index (χ0) is 36.4. The number of amides is 5. The molecule has 50 heavy (non-hydrogen) atoms. The summed E-state index contributed by atoms with van der Waals surface area (Å²) in [5.41, 5.74) is -1.89. The van der Waals surface area contributed by atoms with Crippen LogP contribution < -0.4 is 21.3 Å². The molecule has 0 aromatic rings. The SMILES string of the molecule is CN(C1CC1)S(=O)(=O)CC1(NC(=O)N[C@H](C(=O)N2C[C@H]3[C@@H]([C@H]2C(=O)N[C@@H](CC2CC2)C(=O)C(=O)NC2CC2)C3(C)C)C(C)(C)C)CCCCC1. The van der Waals surface area contributed by atoms with Crippen LogP contribution in [0.3, 0.4) is 0 Å². The molecule has 4 N–H and O–H groups in total. The Kier molecular flexibility index (Phi) is 9.89. The number of rotatable bonds is 14. The van der Waals surface area contributed by atoms with Crippen molar-refractivity contribution in [3.63, 3.8) is 0 Å². The molecule has 0 spiro atoms. The predicted octanol–water partition coefficient (Wildman–Crippen LogP) is 2.44. The lowest BCUT2D eigenvalue weighted by Crippen LogP contribution is -2.64. The van der Waals surface area contributed by atoms with Crippen molar-refractivity contribution in [3.05, 3.63) is 0 Å². The highest BCUT2D eigenvalue weighted by molar-refractivity contribution is 7.89. The van der Waals surface area contributed by atoms with Crippen molar-refractivity contribution in [1.29, 1.82) is 0 Å². The van der Waals surface area contributed by atoms with Crippen LogP contribution in [0.5, 0.6) is 0 Å². The number of nitrogens with one attached hydrogen (secondary N) is 4. The molecule has 0 radical (unpaired) electrons. The highest BCUT2D eigenvalue weighted by Gasteiger charge is 2.70. The largest absolute Gasteiger partial charge is 0.347 e. The lowest BCUT2D eigenvalue weighted by atomic mass is 9.83. The normalized spacial score (nSPS) is 28.2. The quantitative estimate of drug-likeness (QED) is 0.200. The second kappa shape index (κ2) is 13.3. The van der Waals surface area contributed by atoms with Crippen molar-refractivity contribution in [3.8, 4) is 0 Å². The fraction of sp³-hybridized carbons (Fsp3) is 0.861. The number of Topliss-reactive ketones (excluding diaryl/α,β-unsaturated/α-hetero) is 1. The zero-order valence-corrected chi connectivity index (χ0v) is 31.5. The van der Waals surface area contributed by atoms with Crippen LogP contribution >= 0.6 is 0 Å². The standard InChI is InChI=1S/C36H58N6O7S/c1-34(2,3)29(39-33(47)40-36(16-8-7-9-17-36)20-50(48,49)41(6)23-14-15-23)32(46)42-19-24-26(35(24,4)5)27(42)30(44)38-25(18-21-10-11-21)28(43)31(45)37-22-12-13-22/h21-27,29H,7-20H2,1-6H3,(H,37,45)(H,38,44)(H2,39,40,47)/t24-,25-,26-,27-,29+/m0/s1. The van der Waals surface area contributed by atoms with Crippen LogP contribution in [0.15, 0.2) is 0 Å². The molecule has 5 atom stereocenters. The Morgan fingerprint density at radius 2 is 1.56 bits per heavy atom. The van der Waals surface area contributed by atoms with Crippen LogP contribution in [0.4, 0.5) is 4.79 Å². The first kappa shape index (κ1) is 37.0. The Morgan fingerprint density at radius 3 is 2.12 bits per heavy atom. The molecular weight excluding hydrogens is 660 g/mol. The molecular formula is C36H58N6O7S. The first-order chi connectivity index (χ1) is 23.3. The van der Waals surface area contributed by atoms with E-state index in [4.69, 9.17) is 0 Å². The van der Waals surface area contributed by atoms with E-state index in [9.17, 15) is 32.4 Å². The summed E-state index contributed by atoms with van der Waals surface area (Å²) < 4.78 is 28.2. The van der Waals surface area contributed by atoms with E-state index in [1.54, 1.807) is 11.9 Å². The number of hydrogen-bond donors (Lipinski definition) is 4. The Morgan fingerprint density at radius 1 is 0.920 bits per heavy atom. The lowest BCUT2D eigenvalue weighted by Gasteiger charge is -2.41. The minimum absolute atomic E-state index is 0.0141. The number of fused-ring (bicyclic) bond motifs is 1. The summed E-state index contributed by atoms with van der Waals surface area (Å²) >= 11 is 0. The van der Waals surface area contributed by atoms with Crippen molar-refractivity contribution in [2.75, 3.05) is 19.3 Å². The maximum absolute atomic E-state index is 14.5. The third-order valence-electron chi connectivity index (χ3n) is 12.3. The van der Waals surface area contributed by atoms with Crippen LogP contribution in [0.1, 0.15) is 112 Å². The van der Waals surface area contributed by atoms with Gasteiger partial charge in [0.05, 0.1) is 17.3 Å². The third-order valence-corrected chi connectivity index (χ3v) is 14.4. The lowest BCUT2D eigenvalue weighted by molar-refractivity contribution is -0.145. The van der Waals surface area contributed by atoms with Crippen molar-refractivity contribution in [2.24, 2.45) is 28.6 Å². The minimum atomic E-state index is -3.62. The molecule has 5 aliphatic carbocycles. The number of piperidine rings is 1. The van der Waals surface area contributed by atoms with Crippen LogP contribution in [0.25, 0.3) is 0 Å². The molecule has 6 aliphatic rings. The first-order valence-electron chi connectivity index (χ1n) is 18.8. The monoisotopic (exact) mass is 718 g/mol. The van der Waals surface area contributed by atoms with Gasteiger partial charge in [0.25, 0.3) is 5.91 Å². The van der Waals surface area contributed by atoms with Crippen molar-refractivity contribution < 1.29 is 32.4 Å². The molecule has 1 heterocycles. The van der Waals surface area contributed by atoms with E-state index >= 15 is 0 Å².